The van der Waals surface area contributed by atoms with Gasteiger partial charge in [0.2, 0.25) is 0 Å². The van der Waals surface area contributed by atoms with Crippen LogP contribution in [0.3, 0.4) is 0 Å². The Hall–Kier alpha value is -1.55. The standard InChI is InChI=1S/C14H22N2O2/c1-10(2)12-6-4-5-11(3)14(12)16(8-7-15)9-13(17)18/h4-6,10H,7-9,15H2,1-3H3,(H,17,18). The van der Waals surface area contributed by atoms with Crippen molar-refractivity contribution in [2.45, 2.75) is 26.7 Å². The summed E-state index contributed by atoms with van der Waals surface area (Å²) in [5, 5.41) is 9.01. The van der Waals surface area contributed by atoms with Gasteiger partial charge in [-0.25, -0.2) is 0 Å². The summed E-state index contributed by atoms with van der Waals surface area (Å²) in [6.07, 6.45) is 0. The summed E-state index contributed by atoms with van der Waals surface area (Å²) >= 11 is 0. The summed E-state index contributed by atoms with van der Waals surface area (Å²) in [4.78, 5) is 12.8. The highest BCUT2D eigenvalue weighted by Crippen LogP contribution is 2.30. The van der Waals surface area contributed by atoms with Crippen molar-refractivity contribution in [3.63, 3.8) is 0 Å². The van der Waals surface area contributed by atoms with E-state index in [-0.39, 0.29) is 6.54 Å². The molecule has 0 amide bonds. The average molecular weight is 250 g/mol. The third kappa shape index (κ3) is 3.47. The van der Waals surface area contributed by atoms with E-state index in [1.807, 2.05) is 24.0 Å². The van der Waals surface area contributed by atoms with Crippen molar-refractivity contribution in [3.8, 4) is 0 Å². The van der Waals surface area contributed by atoms with E-state index in [1.54, 1.807) is 0 Å². The number of aliphatic carboxylic acids is 1. The molecule has 18 heavy (non-hydrogen) atoms. The number of anilines is 1. The van der Waals surface area contributed by atoms with Gasteiger partial charge in [0.15, 0.2) is 0 Å². The van der Waals surface area contributed by atoms with E-state index in [0.717, 1.165) is 11.3 Å². The fourth-order valence-corrected chi connectivity index (χ4v) is 2.17. The quantitative estimate of drug-likeness (QED) is 0.810. The second-order valence-electron chi connectivity index (χ2n) is 4.77. The van der Waals surface area contributed by atoms with E-state index in [1.165, 1.54) is 5.56 Å². The lowest BCUT2D eigenvalue weighted by Gasteiger charge is -2.28. The molecule has 1 rings (SSSR count). The van der Waals surface area contributed by atoms with Gasteiger partial charge in [-0.2, -0.15) is 0 Å². The lowest BCUT2D eigenvalue weighted by Crippen LogP contribution is -2.35. The maximum atomic E-state index is 11.0. The minimum atomic E-state index is -0.832. The first-order chi connectivity index (χ1) is 8.47. The molecular formula is C14H22N2O2. The molecule has 0 radical (unpaired) electrons. The molecule has 0 aromatic heterocycles. The van der Waals surface area contributed by atoms with Crippen LogP contribution in [0.2, 0.25) is 0 Å². The number of nitrogens with two attached hydrogens (primary N) is 1. The maximum absolute atomic E-state index is 11.0. The van der Waals surface area contributed by atoms with Crippen molar-refractivity contribution in [2.75, 3.05) is 24.5 Å². The molecule has 1 aromatic rings. The molecule has 0 spiro atoms. The summed E-state index contributed by atoms with van der Waals surface area (Å²) < 4.78 is 0. The number of carbonyl (C=O) groups is 1. The molecule has 0 saturated heterocycles. The first-order valence-electron chi connectivity index (χ1n) is 6.23. The molecule has 4 nitrogen and oxygen atoms in total. The van der Waals surface area contributed by atoms with Crippen LogP contribution in [-0.4, -0.2) is 30.7 Å². The number of benzene rings is 1. The van der Waals surface area contributed by atoms with E-state index in [2.05, 4.69) is 19.9 Å². The van der Waals surface area contributed by atoms with Crippen LogP contribution >= 0.6 is 0 Å². The Morgan fingerprint density at radius 1 is 1.44 bits per heavy atom. The molecule has 100 valence electrons. The van der Waals surface area contributed by atoms with Crippen molar-refractivity contribution < 1.29 is 9.90 Å². The Morgan fingerprint density at radius 2 is 2.11 bits per heavy atom. The fraction of sp³-hybridized carbons (Fsp3) is 0.500. The third-order valence-electron chi connectivity index (χ3n) is 2.93. The molecule has 0 atom stereocenters. The normalized spacial score (nSPS) is 10.7. The zero-order valence-corrected chi connectivity index (χ0v) is 11.3. The Kier molecular flexibility index (Phi) is 5.16. The minimum absolute atomic E-state index is 0.0121. The van der Waals surface area contributed by atoms with Crippen LogP contribution in [-0.2, 0) is 4.79 Å². The summed E-state index contributed by atoms with van der Waals surface area (Å²) in [6.45, 7) is 7.21. The summed E-state index contributed by atoms with van der Waals surface area (Å²) in [5.41, 5.74) is 8.86. The SMILES string of the molecule is Cc1cccc(C(C)C)c1N(CCN)CC(=O)O. The monoisotopic (exact) mass is 250 g/mol. The first kappa shape index (κ1) is 14.5. The number of rotatable bonds is 6. The highest BCUT2D eigenvalue weighted by molar-refractivity contribution is 5.75. The minimum Gasteiger partial charge on any atom is -0.480 e. The largest absolute Gasteiger partial charge is 0.480 e. The van der Waals surface area contributed by atoms with Crippen molar-refractivity contribution in [1.82, 2.24) is 0 Å². The zero-order chi connectivity index (χ0) is 13.7. The topological polar surface area (TPSA) is 66.6 Å². The molecule has 0 fully saturated rings. The molecule has 0 heterocycles. The summed E-state index contributed by atoms with van der Waals surface area (Å²) in [5.74, 6) is -0.477. The van der Waals surface area contributed by atoms with Gasteiger partial charge in [-0.15, -0.1) is 0 Å². The molecule has 0 aliphatic carbocycles. The van der Waals surface area contributed by atoms with Crippen LogP contribution in [0.5, 0.6) is 0 Å². The van der Waals surface area contributed by atoms with Crippen LogP contribution in [0, 0.1) is 6.92 Å². The molecular weight excluding hydrogens is 228 g/mol. The number of para-hydroxylation sites is 1. The van der Waals surface area contributed by atoms with Crippen LogP contribution in [0.1, 0.15) is 30.9 Å². The Bertz CT molecular complexity index is 416. The Balaban J connectivity index is 3.20. The van der Waals surface area contributed by atoms with Gasteiger partial charge in [-0.05, 0) is 24.0 Å². The number of nitrogens with zero attached hydrogens (tertiary/aromatic N) is 1. The van der Waals surface area contributed by atoms with Crippen LogP contribution in [0.25, 0.3) is 0 Å². The van der Waals surface area contributed by atoms with Gasteiger partial charge >= 0.3 is 5.97 Å². The van der Waals surface area contributed by atoms with Crippen molar-refractivity contribution >= 4 is 11.7 Å². The van der Waals surface area contributed by atoms with E-state index in [4.69, 9.17) is 10.8 Å². The number of carboxylic acids is 1. The first-order valence-corrected chi connectivity index (χ1v) is 6.23. The lowest BCUT2D eigenvalue weighted by atomic mass is 9.97. The summed E-state index contributed by atoms with van der Waals surface area (Å²) in [7, 11) is 0. The smallest absolute Gasteiger partial charge is 0.323 e. The number of hydrogen-bond acceptors (Lipinski definition) is 3. The van der Waals surface area contributed by atoms with Gasteiger partial charge in [-0.1, -0.05) is 32.0 Å². The molecule has 1 aromatic carbocycles. The maximum Gasteiger partial charge on any atom is 0.323 e. The third-order valence-corrected chi connectivity index (χ3v) is 2.93. The highest BCUT2D eigenvalue weighted by Gasteiger charge is 2.17. The Labute approximate surface area is 108 Å². The molecule has 0 unspecified atom stereocenters. The van der Waals surface area contributed by atoms with Crippen molar-refractivity contribution in [2.24, 2.45) is 5.73 Å². The number of hydrogen-bond donors (Lipinski definition) is 2. The summed E-state index contributed by atoms with van der Waals surface area (Å²) in [6, 6.07) is 6.07. The second-order valence-corrected chi connectivity index (χ2v) is 4.77. The van der Waals surface area contributed by atoms with Gasteiger partial charge in [0.1, 0.15) is 6.54 Å². The lowest BCUT2D eigenvalue weighted by molar-refractivity contribution is -0.135. The van der Waals surface area contributed by atoms with Crippen LogP contribution in [0.15, 0.2) is 18.2 Å². The van der Waals surface area contributed by atoms with E-state index in [9.17, 15) is 4.79 Å². The number of aryl methyl sites for hydroxylation is 1. The van der Waals surface area contributed by atoms with Crippen LogP contribution < -0.4 is 10.6 Å². The van der Waals surface area contributed by atoms with Crippen molar-refractivity contribution in [3.05, 3.63) is 29.3 Å². The predicted octanol–water partition coefficient (Wildman–Crippen LogP) is 1.97. The van der Waals surface area contributed by atoms with E-state index < -0.39 is 5.97 Å². The molecule has 0 aliphatic rings. The van der Waals surface area contributed by atoms with E-state index >= 15 is 0 Å². The predicted molar refractivity (Wildman–Crippen MR) is 74.2 cm³/mol. The van der Waals surface area contributed by atoms with Gasteiger partial charge in [0.25, 0.3) is 0 Å². The zero-order valence-electron chi connectivity index (χ0n) is 11.3. The highest BCUT2D eigenvalue weighted by atomic mass is 16.4. The van der Waals surface area contributed by atoms with E-state index in [0.29, 0.717) is 19.0 Å². The molecule has 0 aliphatic heterocycles. The number of carboxylic acid groups (broad SMARTS) is 1. The van der Waals surface area contributed by atoms with Crippen molar-refractivity contribution in [1.29, 1.82) is 0 Å². The van der Waals surface area contributed by atoms with Gasteiger partial charge in [0, 0.05) is 18.8 Å². The second kappa shape index (κ2) is 6.40. The van der Waals surface area contributed by atoms with Gasteiger partial charge in [0.05, 0.1) is 0 Å². The molecule has 4 heteroatoms. The molecule has 0 bridgehead atoms. The molecule has 3 N–H and O–H groups in total. The van der Waals surface area contributed by atoms with Gasteiger partial charge < -0.3 is 15.7 Å². The van der Waals surface area contributed by atoms with Crippen LogP contribution in [0.4, 0.5) is 5.69 Å². The fourth-order valence-electron chi connectivity index (χ4n) is 2.17. The Morgan fingerprint density at radius 3 is 2.61 bits per heavy atom. The average Bonchev–Trinajstić information content (AvgIpc) is 2.27. The van der Waals surface area contributed by atoms with Gasteiger partial charge in [-0.3, -0.25) is 4.79 Å². The molecule has 0 saturated carbocycles.